The molecule has 2 unspecified atom stereocenters. The predicted octanol–water partition coefficient (Wildman–Crippen LogP) is 4.17. The number of hydrogen-bond donors (Lipinski definition) is 0. The largest absolute Gasteiger partial charge is 0.465 e. The summed E-state index contributed by atoms with van der Waals surface area (Å²) in [5.74, 6) is -1.91. The number of hydrogen-bond acceptors (Lipinski definition) is 6. The summed E-state index contributed by atoms with van der Waals surface area (Å²) in [5, 5.41) is -0.0518. The molecule has 0 aliphatic carbocycles. The standard InChI is InChI=1S/C23H35NO6Si/c1-7-28-21(26)20-18(16-30-31(5,6)23(2,3)4)24(14-13-19(20)25)22(27)29-15-17-11-9-8-10-12-17/h8-12,18,20H,7,13-16H2,1-6H3. The molecule has 31 heavy (non-hydrogen) atoms. The van der Waals surface area contributed by atoms with Gasteiger partial charge < -0.3 is 18.8 Å². The number of carbonyl (C=O) groups excluding carboxylic acids is 3. The van der Waals surface area contributed by atoms with E-state index in [1.165, 1.54) is 4.90 Å². The van der Waals surface area contributed by atoms with E-state index in [-0.39, 0.29) is 43.6 Å². The molecular weight excluding hydrogens is 414 g/mol. The van der Waals surface area contributed by atoms with Gasteiger partial charge in [-0.1, -0.05) is 51.1 Å². The van der Waals surface area contributed by atoms with Gasteiger partial charge in [-0.05, 0) is 30.6 Å². The van der Waals surface area contributed by atoms with Crippen LogP contribution in [0.15, 0.2) is 30.3 Å². The summed E-state index contributed by atoms with van der Waals surface area (Å²) in [5.41, 5.74) is 0.861. The van der Waals surface area contributed by atoms with E-state index in [9.17, 15) is 14.4 Å². The number of rotatable bonds is 7. The van der Waals surface area contributed by atoms with E-state index < -0.39 is 32.3 Å². The average Bonchev–Trinajstić information content (AvgIpc) is 2.70. The van der Waals surface area contributed by atoms with E-state index >= 15 is 0 Å². The highest BCUT2D eigenvalue weighted by Crippen LogP contribution is 2.37. The summed E-state index contributed by atoms with van der Waals surface area (Å²) in [6.45, 7) is 12.8. The van der Waals surface area contributed by atoms with Gasteiger partial charge in [-0.3, -0.25) is 9.59 Å². The zero-order chi connectivity index (χ0) is 23.2. The average molecular weight is 450 g/mol. The van der Waals surface area contributed by atoms with Crippen LogP contribution in [0.3, 0.4) is 0 Å². The smallest absolute Gasteiger partial charge is 0.410 e. The maximum Gasteiger partial charge on any atom is 0.410 e. The van der Waals surface area contributed by atoms with Gasteiger partial charge in [0.15, 0.2) is 14.1 Å². The van der Waals surface area contributed by atoms with Crippen LogP contribution in [-0.4, -0.2) is 56.9 Å². The molecule has 1 aromatic carbocycles. The molecule has 0 bridgehead atoms. The van der Waals surface area contributed by atoms with Crippen LogP contribution >= 0.6 is 0 Å². The van der Waals surface area contributed by atoms with Crippen molar-refractivity contribution in [3.05, 3.63) is 35.9 Å². The number of esters is 1. The first-order valence-corrected chi connectivity index (χ1v) is 13.7. The molecule has 1 aliphatic heterocycles. The topological polar surface area (TPSA) is 82.1 Å². The van der Waals surface area contributed by atoms with Crippen molar-refractivity contribution in [2.45, 2.75) is 64.9 Å². The van der Waals surface area contributed by atoms with Crippen molar-refractivity contribution in [2.75, 3.05) is 19.8 Å². The molecule has 2 atom stereocenters. The lowest BCUT2D eigenvalue weighted by atomic mass is 9.88. The van der Waals surface area contributed by atoms with E-state index in [0.29, 0.717) is 0 Å². The van der Waals surface area contributed by atoms with Crippen LogP contribution in [0.2, 0.25) is 18.1 Å². The van der Waals surface area contributed by atoms with Gasteiger partial charge in [0, 0.05) is 13.0 Å². The molecule has 0 aromatic heterocycles. The minimum atomic E-state index is -2.17. The van der Waals surface area contributed by atoms with Crippen LogP contribution in [0, 0.1) is 5.92 Å². The Hall–Kier alpha value is -2.19. The molecular formula is C23H35NO6Si. The van der Waals surface area contributed by atoms with Crippen LogP contribution in [0.1, 0.15) is 39.7 Å². The number of Topliss-reactive ketones (excluding diaryl/α,β-unsaturated/α-hetero) is 1. The normalized spacial score (nSPS) is 19.8. The second-order valence-electron chi connectivity index (χ2n) is 9.32. The Morgan fingerprint density at radius 1 is 1.13 bits per heavy atom. The maximum atomic E-state index is 12.9. The lowest BCUT2D eigenvalue weighted by molar-refractivity contribution is -0.157. The fourth-order valence-corrected chi connectivity index (χ4v) is 4.21. The minimum Gasteiger partial charge on any atom is -0.465 e. The molecule has 0 N–H and O–H groups in total. The summed E-state index contributed by atoms with van der Waals surface area (Å²) < 4.78 is 17.0. The van der Waals surface area contributed by atoms with Gasteiger partial charge in [0.2, 0.25) is 0 Å². The minimum absolute atomic E-state index is 0.0518. The van der Waals surface area contributed by atoms with Crippen molar-refractivity contribution in [3.63, 3.8) is 0 Å². The molecule has 7 nitrogen and oxygen atoms in total. The van der Waals surface area contributed by atoms with E-state index in [0.717, 1.165) is 5.56 Å². The van der Waals surface area contributed by atoms with E-state index in [2.05, 4.69) is 33.9 Å². The molecule has 0 radical (unpaired) electrons. The first-order valence-electron chi connectivity index (χ1n) is 10.8. The van der Waals surface area contributed by atoms with Gasteiger partial charge in [0.25, 0.3) is 0 Å². The second kappa shape index (κ2) is 10.4. The number of amides is 1. The Morgan fingerprint density at radius 2 is 1.77 bits per heavy atom. The Bertz CT molecular complexity index is 774. The van der Waals surface area contributed by atoms with Gasteiger partial charge in [-0.15, -0.1) is 0 Å². The summed E-state index contributed by atoms with van der Waals surface area (Å²) in [4.78, 5) is 39.7. The number of carbonyl (C=O) groups is 3. The van der Waals surface area contributed by atoms with Crippen LogP contribution < -0.4 is 0 Å². The Labute approximate surface area is 186 Å². The first-order chi connectivity index (χ1) is 14.5. The van der Waals surface area contributed by atoms with Crippen molar-refractivity contribution in [3.8, 4) is 0 Å². The van der Waals surface area contributed by atoms with Gasteiger partial charge in [0.1, 0.15) is 12.5 Å². The third-order valence-corrected chi connectivity index (χ3v) is 10.6. The van der Waals surface area contributed by atoms with Crippen molar-refractivity contribution >= 4 is 26.2 Å². The molecule has 2 rings (SSSR count). The molecule has 1 aliphatic rings. The van der Waals surface area contributed by atoms with Crippen molar-refractivity contribution in [1.29, 1.82) is 0 Å². The monoisotopic (exact) mass is 449 g/mol. The lowest BCUT2D eigenvalue weighted by Gasteiger charge is -2.42. The number of benzene rings is 1. The Kier molecular flexibility index (Phi) is 8.42. The fourth-order valence-electron chi connectivity index (χ4n) is 3.19. The second-order valence-corrected chi connectivity index (χ2v) is 14.1. The number of piperidine rings is 1. The van der Waals surface area contributed by atoms with Crippen molar-refractivity contribution in [1.82, 2.24) is 4.90 Å². The maximum absolute atomic E-state index is 12.9. The van der Waals surface area contributed by atoms with Crippen molar-refractivity contribution in [2.24, 2.45) is 5.92 Å². The Morgan fingerprint density at radius 3 is 2.35 bits per heavy atom. The predicted molar refractivity (Wildman–Crippen MR) is 120 cm³/mol. The third-order valence-electron chi connectivity index (χ3n) is 6.13. The zero-order valence-electron chi connectivity index (χ0n) is 19.5. The summed E-state index contributed by atoms with van der Waals surface area (Å²) >= 11 is 0. The number of likely N-dealkylation sites (tertiary alicyclic amines) is 1. The Balaban J connectivity index is 2.22. The van der Waals surface area contributed by atoms with Gasteiger partial charge >= 0.3 is 12.1 Å². The van der Waals surface area contributed by atoms with Crippen LogP contribution in [-0.2, 0) is 30.1 Å². The molecule has 172 valence electrons. The van der Waals surface area contributed by atoms with Crippen molar-refractivity contribution < 1.29 is 28.3 Å². The quantitative estimate of drug-likeness (QED) is 0.353. The third kappa shape index (κ3) is 6.40. The molecule has 1 amide bonds. The van der Waals surface area contributed by atoms with E-state index in [1.807, 2.05) is 30.3 Å². The lowest BCUT2D eigenvalue weighted by Crippen LogP contribution is -2.58. The highest BCUT2D eigenvalue weighted by atomic mass is 28.4. The number of ketones is 1. The molecule has 8 heteroatoms. The molecule has 0 spiro atoms. The first kappa shape index (κ1) is 25.1. The number of nitrogens with zero attached hydrogens (tertiary/aromatic N) is 1. The van der Waals surface area contributed by atoms with Gasteiger partial charge in [0.05, 0.1) is 19.3 Å². The molecule has 1 heterocycles. The van der Waals surface area contributed by atoms with Crippen LogP contribution in [0.5, 0.6) is 0 Å². The summed E-state index contributed by atoms with van der Waals surface area (Å²) in [6, 6.07) is 8.61. The molecule has 0 saturated carbocycles. The number of ether oxygens (including phenoxy) is 2. The fraction of sp³-hybridized carbons (Fsp3) is 0.609. The highest BCUT2D eigenvalue weighted by Gasteiger charge is 2.47. The van der Waals surface area contributed by atoms with Crippen LogP contribution in [0.25, 0.3) is 0 Å². The van der Waals surface area contributed by atoms with E-state index in [1.54, 1.807) is 6.92 Å². The molecule has 1 aromatic rings. The molecule has 1 saturated heterocycles. The SMILES string of the molecule is CCOC(=O)C1C(=O)CCN(C(=O)OCc2ccccc2)C1CO[Si](C)(C)C(C)(C)C. The summed E-state index contributed by atoms with van der Waals surface area (Å²) in [7, 11) is -2.17. The molecule has 1 fully saturated rings. The van der Waals surface area contributed by atoms with Gasteiger partial charge in [-0.25, -0.2) is 4.79 Å². The highest BCUT2D eigenvalue weighted by molar-refractivity contribution is 6.74. The van der Waals surface area contributed by atoms with E-state index in [4.69, 9.17) is 13.9 Å². The van der Waals surface area contributed by atoms with Crippen LogP contribution in [0.4, 0.5) is 4.79 Å². The summed E-state index contributed by atoms with van der Waals surface area (Å²) in [6.07, 6.45) is -0.477. The van der Waals surface area contributed by atoms with Gasteiger partial charge in [-0.2, -0.15) is 0 Å². The zero-order valence-corrected chi connectivity index (χ0v) is 20.5.